The molecule has 0 saturated carbocycles. The average molecular weight is 302 g/mol. The third-order valence-electron chi connectivity index (χ3n) is 4.87. The molecular weight excluding hydrogens is 276 g/mol. The lowest BCUT2D eigenvalue weighted by molar-refractivity contribution is -0.140. The number of piperidine rings is 2. The lowest BCUT2D eigenvalue weighted by atomic mass is 9.89. The molecule has 2 aliphatic heterocycles. The Morgan fingerprint density at radius 1 is 1.23 bits per heavy atom. The number of carbonyl (C=O) groups excluding carboxylic acids is 1. The van der Waals surface area contributed by atoms with Crippen LogP contribution < -0.4 is 10.1 Å². The van der Waals surface area contributed by atoms with E-state index in [1.54, 1.807) is 0 Å². The molecule has 0 radical (unpaired) electrons. The van der Waals surface area contributed by atoms with Crippen LogP contribution in [0.3, 0.4) is 0 Å². The monoisotopic (exact) mass is 302 g/mol. The van der Waals surface area contributed by atoms with E-state index in [0.29, 0.717) is 0 Å². The molecule has 1 atom stereocenters. The Balaban J connectivity index is 1.52. The number of nitrogens with zero attached hydrogens (tertiary/aromatic N) is 1. The molecule has 120 valence electrons. The van der Waals surface area contributed by atoms with Crippen molar-refractivity contribution in [1.82, 2.24) is 10.2 Å². The summed E-state index contributed by atoms with van der Waals surface area (Å²) < 4.78 is 6.00. The van der Waals surface area contributed by atoms with Gasteiger partial charge in [-0.05, 0) is 44.9 Å². The van der Waals surface area contributed by atoms with Crippen LogP contribution in [0.2, 0.25) is 0 Å². The lowest BCUT2D eigenvalue weighted by Gasteiger charge is -2.40. The smallest absolute Gasteiger partial charge is 0.242 e. The van der Waals surface area contributed by atoms with Crippen LogP contribution in [0.5, 0.6) is 5.75 Å². The van der Waals surface area contributed by atoms with E-state index >= 15 is 0 Å². The van der Waals surface area contributed by atoms with Crippen LogP contribution >= 0.6 is 0 Å². The molecule has 0 spiro atoms. The summed E-state index contributed by atoms with van der Waals surface area (Å²) in [6.07, 6.45) is 5.32. The first-order chi connectivity index (χ1) is 10.7. The highest BCUT2D eigenvalue weighted by Gasteiger charge is 2.38. The fourth-order valence-electron chi connectivity index (χ4n) is 3.46. The zero-order valence-corrected chi connectivity index (χ0v) is 13.4. The summed E-state index contributed by atoms with van der Waals surface area (Å²) in [5.41, 5.74) is -0.356. The van der Waals surface area contributed by atoms with Gasteiger partial charge in [-0.2, -0.15) is 0 Å². The molecule has 2 heterocycles. The molecule has 0 bridgehead atoms. The average Bonchev–Trinajstić information content (AvgIpc) is 2.56. The van der Waals surface area contributed by atoms with Crippen molar-refractivity contribution in [2.75, 3.05) is 19.6 Å². The van der Waals surface area contributed by atoms with Gasteiger partial charge in [0.2, 0.25) is 5.91 Å². The predicted octanol–water partition coefficient (Wildman–Crippen LogP) is 2.59. The quantitative estimate of drug-likeness (QED) is 0.933. The van der Waals surface area contributed by atoms with Crippen LogP contribution in [-0.2, 0) is 4.79 Å². The Bertz CT molecular complexity index is 489. The number of likely N-dealkylation sites (tertiary alicyclic amines) is 1. The zero-order valence-electron chi connectivity index (χ0n) is 13.4. The minimum atomic E-state index is -0.356. The van der Waals surface area contributed by atoms with Gasteiger partial charge in [0.15, 0.2) is 0 Å². The summed E-state index contributed by atoms with van der Waals surface area (Å²) in [5, 5.41) is 3.42. The number of benzene rings is 1. The Morgan fingerprint density at radius 2 is 1.95 bits per heavy atom. The third-order valence-corrected chi connectivity index (χ3v) is 4.87. The van der Waals surface area contributed by atoms with Gasteiger partial charge in [-0.15, -0.1) is 0 Å². The second kappa shape index (κ2) is 6.69. The summed E-state index contributed by atoms with van der Waals surface area (Å²) in [7, 11) is 0. The van der Waals surface area contributed by atoms with Gasteiger partial charge in [-0.25, -0.2) is 0 Å². The highest BCUT2D eigenvalue weighted by atomic mass is 16.5. The van der Waals surface area contributed by atoms with Crippen molar-refractivity contribution in [2.24, 2.45) is 0 Å². The molecular formula is C18H26N2O2. The van der Waals surface area contributed by atoms with Gasteiger partial charge in [0.1, 0.15) is 11.9 Å². The van der Waals surface area contributed by atoms with Crippen molar-refractivity contribution >= 4 is 5.91 Å². The van der Waals surface area contributed by atoms with Crippen molar-refractivity contribution in [3.8, 4) is 5.75 Å². The number of carbonyl (C=O) groups is 1. The topological polar surface area (TPSA) is 41.6 Å². The molecule has 0 aliphatic carbocycles. The maximum Gasteiger partial charge on any atom is 0.242 e. The molecule has 1 N–H and O–H groups in total. The molecule has 2 aliphatic rings. The summed E-state index contributed by atoms with van der Waals surface area (Å²) in [6, 6.07) is 9.95. The van der Waals surface area contributed by atoms with Crippen molar-refractivity contribution < 1.29 is 9.53 Å². The minimum absolute atomic E-state index is 0.221. The first kappa shape index (κ1) is 15.3. The normalized spacial score (nSPS) is 26.7. The maximum absolute atomic E-state index is 12.8. The molecule has 0 aromatic heterocycles. The second-order valence-corrected chi connectivity index (χ2v) is 6.64. The second-order valence-electron chi connectivity index (χ2n) is 6.64. The van der Waals surface area contributed by atoms with Gasteiger partial charge in [-0.3, -0.25) is 4.79 Å². The Hall–Kier alpha value is -1.55. The van der Waals surface area contributed by atoms with E-state index in [2.05, 4.69) is 12.2 Å². The van der Waals surface area contributed by atoms with Gasteiger partial charge in [-0.1, -0.05) is 18.2 Å². The van der Waals surface area contributed by atoms with Crippen LogP contribution in [-0.4, -0.2) is 42.1 Å². The SMILES string of the molecule is CC1(C(=O)N2CCC(Oc3ccccc3)CC2)CCCCN1. The first-order valence-corrected chi connectivity index (χ1v) is 8.43. The molecule has 1 aromatic rings. The number of nitrogens with one attached hydrogen (secondary N) is 1. The number of hydrogen-bond donors (Lipinski definition) is 1. The highest BCUT2D eigenvalue weighted by molar-refractivity contribution is 5.86. The van der Waals surface area contributed by atoms with E-state index < -0.39 is 0 Å². The van der Waals surface area contributed by atoms with Gasteiger partial charge in [0.05, 0.1) is 5.54 Å². The van der Waals surface area contributed by atoms with Crippen LogP contribution in [0.25, 0.3) is 0 Å². The Kier molecular flexibility index (Phi) is 4.67. The summed E-state index contributed by atoms with van der Waals surface area (Å²) in [6.45, 7) is 4.61. The van der Waals surface area contributed by atoms with Gasteiger partial charge in [0.25, 0.3) is 0 Å². The molecule has 2 saturated heterocycles. The highest BCUT2D eigenvalue weighted by Crippen LogP contribution is 2.24. The first-order valence-electron chi connectivity index (χ1n) is 8.43. The predicted molar refractivity (Wildman–Crippen MR) is 86.9 cm³/mol. The van der Waals surface area contributed by atoms with Crippen LogP contribution in [0.4, 0.5) is 0 Å². The molecule has 2 fully saturated rings. The van der Waals surface area contributed by atoms with Gasteiger partial charge >= 0.3 is 0 Å². The van der Waals surface area contributed by atoms with Gasteiger partial charge < -0.3 is 15.0 Å². The van der Waals surface area contributed by atoms with Crippen LogP contribution in [0, 0.1) is 0 Å². The fraction of sp³-hybridized carbons (Fsp3) is 0.611. The summed E-state index contributed by atoms with van der Waals surface area (Å²) in [5.74, 6) is 1.19. The Labute approximate surface area is 132 Å². The lowest BCUT2D eigenvalue weighted by Crippen LogP contribution is -2.59. The summed E-state index contributed by atoms with van der Waals surface area (Å²) in [4.78, 5) is 14.8. The van der Waals surface area contributed by atoms with Crippen LogP contribution in [0.1, 0.15) is 39.0 Å². The molecule has 22 heavy (non-hydrogen) atoms. The van der Waals surface area contributed by atoms with Crippen molar-refractivity contribution in [2.45, 2.75) is 50.7 Å². The Morgan fingerprint density at radius 3 is 2.59 bits per heavy atom. The zero-order chi connectivity index (χ0) is 15.4. The third kappa shape index (κ3) is 3.43. The van der Waals surface area contributed by atoms with E-state index in [9.17, 15) is 4.79 Å². The van der Waals surface area contributed by atoms with E-state index in [4.69, 9.17) is 4.74 Å². The van der Waals surface area contributed by atoms with E-state index in [1.165, 1.54) is 6.42 Å². The molecule has 1 aromatic carbocycles. The standard InChI is InChI=1S/C18H26N2O2/c1-18(11-5-6-12-19-18)17(21)20-13-9-16(10-14-20)22-15-7-3-2-4-8-15/h2-4,7-8,16,19H,5-6,9-14H2,1H3. The van der Waals surface area contributed by atoms with Crippen LogP contribution in [0.15, 0.2) is 30.3 Å². The number of hydrogen-bond acceptors (Lipinski definition) is 3. The fourth-order valence-corrected chi connectivity index (χ4v) is 3.46. The van der Waals surface area contributed by atoms with Gasteiger partial charge in [0, 0.05) is 25.9 Å². The number of amides is 1. The largest absolute Gasteiger partial charge is 0.490 e. The number of para-hydroxylation sites is 1. The van der Waals surface area contributed by atoms with E-state index in [-0.39, 0.29) is 17.6 Å². The molecule has 1 unspecified atom stereocenters. The maximum atomic E-state index is 12.8. The van der Waals surface area contributed by atoms with Crippen molar-refractivity contribution in [1.29, 1.82) is 0 Å². The minimum Gasteiger partial charge on any atom is -0.490 e. The molecule has 4 nitrogen and oxygen atoms in total. The number of rotatable bonds is 3. The molecule has 1 amide bonds. The molecule has 4 heteroatoms. The number of ether oxygens (including phenoxy) is 1. The van der Waals surface area contributed by atoms with E-state index in [0.717, 1.165) is 51.1 Å². The van der Waals surface area contributed by atoms with Crippen molar-refractivity contribution in [3.63, 3.8) is 0 Å². The van der Waals surface area contributed by atoms with Crippen molar-refractivity contribution in [3.05, 3.63) is 30.3 Å². The summed E-state index contributed by atoms with van der Waals surface area (Å²) >= 11 is 0. The van der Waals surface area contributed by atoms with E-state index in [1.807, 2.05) is 35.2 Å². The molecule has 3 rings (SSSR count).